The molecular weight excluding hydrogens is 488 g/mol. The number of aromatic nitrogens is 2. The van der Waals surface area contributed by atoms with Crippen molar-refractivity contribution in [2.24, 2.45) is 5.92 Å². The van der Waals surface area contributed by atoms with Gasteiger partial charge < -0.3 is 0 Å². The highest BCUT2D eigenvalue weighted by Crippen LogP contribution is 2.26. The summed E-state index contributed by atoms with van der Waals surface area (Å²) in [4.78, 5) is 13.0. The minimum atomic E-state index is -3.87. The van der Waals surface area contributed by atoms with Crippen LogP contribution in [0, 0.1) is 5.92 Å². The van der Waals surface area contributed by atoms with E-state index in [9.17, 15) is 13.2 Å². The quantitative estimate of drug-likeness (QED) is 0.472. The molecule has 1 amide bonds. The van der Waals surface area contributed by atoms with Crippen molar-refractivity contribution >= 4 is 48.3 Å². The van der Waals surface area contributed by atoms with Crippen molar-refractivity contribution in [2.75, 3.05) is 5.32 Å². The first-order valence-corrected chi connectivity index (χ1v) is 12.4. The molecule has 0 bridgehead atoms. The third-order valence-corrected chi connectivity index (χ3v) is 7.45. The van der Waals surface area contributed by atoms with Crippen LogP contribution in [0.15, 0.2) is 64.0 Å². The lowest BCUT2D eigenvalue weighted by Gasteiger charge is -2.22. The van der Waals surface area contributed by atoms with Crippen LogP contribution in [0.3, 0.4) is 0 Å². The summed E-state index contributed by atoms with van der Waals surface area (Å²) in [5.74, 6) is -0.697. The molecule has 2 atom stereocenters. The van der Waals surface area contributed by atoms with E-state index in [0.717, 1.165) is 10.0 Å². The van der Waals surface area contributed by atoms with Crippen molar-refractivity contribution < 1.29 is 13.2 Å². The molecule has 7 nitrogen and oxygen atoms in total. The summed E-state index contributed by atoms with van der Waals surface area (Å²) in [5, 5.41) is 11.8. The van der Waals surface area contributed by atoms with E-state index in [-0.39, 0.29) is 10.8 Å². The van der Waals surface area contributed by atoms with Crippen LogP contribution in [-0.4, -0.2) is 30.6 Å². The molecule has 10 heteroatoms. The summed E-state index contributed by atoms with van der Waals surface area (Å²) in [5.41, 5.74) is 0.893. The Morgan fingerprint density at radius 1 is 1.10 bits per heavy atom. The largest absolute Gasteiger partial charge is 0.299 e. The van der Waals surface area contributed by atoms with E-state index in [4.69, 9.17) is 0 Å². The Morgan fingerprint density at radius 3 is 2.40 bits per heavy atom. The molecule has 0 saturated heterocycles. The minimum Gasteiger partial charge on any atom is -0.299 e. The fourth-order valence-corrected chi connectivity index (χ4v) is 4.99. The standard InChI is InChI=1S/C20H21BrN4O3S2/c1-3-13(2)17(25-30(27,28)16-11-9-15(21)10-12-16)18(26)22-20-24-23-19(29-20)14-7-5-4-6-8-14/h4-13,17,25H,3H2,1-2H3,(H,22,24,26)/t13-,17+/m1/s1. The Kier molecular flexibility index (Phi) is 7.35. The maximum absolute atomic E-state index is 12.9. The fourth-order valence-electron chi connectivity index (χ4n) is 2.67. The number of nitrogens with zero attached hydrogens (tertiary/aromatic N) is 2. The first kappa shape index (κ1) is 22.5. The van der Waals surface area contributed by atoms with Crippen LogP contribution < -0.4 is 10.0 Å². The molecule has 0 saturated carbocycles. The first-order chi connectivity index (χ1) is 14.3. The number of carbonyl (C=O) groups is 1. The maximum Gasteiger partial charge on any atom is 0.244 e. The Hall–Kier alpha value is -2.14. The van der Waals surface area contributed by atoms with Gasteiger partial charge in [-0.25, -0.2) is 8.42 Å². The topological polar surface area (TPSA) is 101 Å². The van der Waals surface area contributed by atoms with Gasteiger partial charge in [0.05, 0.1) is 4.90 Å². The second kappa shape index (κ2) is 9.78. The number of carbonyl (C=O) groups excluding carboxylic acids is 1. The summed E-state index contributed by atoms with van der Waals surface area (Å²) in [7, 11) is -3.87. The zero-order valence-corrected chi connectivity index (χ0v) is 19.6. The smallest absolute Gasteiger partial charge is 0.244 e. The molecule has 3 aromatic rings. The lowest BCUT2D eigenvalue weighted by atomic mass is 9.99. The monoisotopic (exact) mass is 508 g/mol. The van der Waals surface area contributed by atoms with Crippen molar-refractivity contribution in [2.45, 2.75) is 31.2 Å². The highest BCUT2D eigenvalue weighted by atomic mass is 79.9. The Bertz CT molecular complexity index is 1100. The number of benzene rings is 2. The molecule has 0 spiro atoms. The third kappa shape index (κ3) is 5.51. The molecule has 0 aliphatic heterocycles. The van der Waals surface area contributed by atoms with Gasteiger partial charge in [-0.05, 0) is 30.2 Å². The number of rotatable bonds is 8. The lowest BCUT2D eigenvalue weighted by molar-refractivity contribution is -0.118. The Labute approximate surface area is 188 Å². The van der Waals surface area contributed by atoms with Gasteiger partial charge in [0, 0.05) is 10.0 Å². The number of anilines is 1. The van der Waals surface area contributed by atoms with E-state index in [2.05, 4.69) is 36.2 Å². The average Bonchev–Trinajstić information content (AvgIpc) is 3.21. The predicted octanol–water partition coefficient (Wildman–Crippen LogP) is 4.30. The van der Waals surface area contributed by atoms with Crippen molar-refractivity contribution in [1.82, 2.24) is 14.9 Å². The van der Waals surface area contributed by atoms with Crippen molar-refractivity contribution in [1.29, 1.82) is 0 Å². The zero-order valence-electron chi connectivity index (χ0n) is 16.4. The normalized spacial score (nSPS) is 13.6. The average molecular weight is 509 g/mol. The van der Waals surface area contributed by atoms with Gasteiger partial charge in [-0.15, -0.1) is 10.2 Å². The molecule has 1 heterocycles. The third-order valence-electron chi connectivity index (χ3n) is 4.58. The van der Waals surface area contributed by atoms with Gasteiger partial charge in [0.25, 0.3) is 0 Å². The second-order valence-corrected chi connectivity index (χ2v) is 10.3. The van der Waals surface area contributed by atoms with Crippen LogP contribution in [0.1, 0.15) is 20.3 Å². The molecule has 3 rings (SSSR count). The molecule has 0 aliphatic carbocycles. The van der Waals surface area contributed by atoms with E-state index in [1.54, 1.807) is 12.1 Å². The van der Waals surface area contributed by atoms with Gasteiger partial charge in [0.2, 0.25) is 21.1 Å². The number of halogens is 1. The first-order valence-electron chi connectivity index (χ1n) is 9.28. The summed E-state index contributed by atoms with van der Waals surface area (Å²) < 4.78 is 28.9. The van der Waals surface area contributed by atoms with Gasteiger partial charge in [0.1, 0.15) is 11.0 Å². The number of nitrogens with one attached hydrogen (secondary N) is 2. The number of amides is 1. The van der Waals surface area contributed by atoms with Gasteiger partial charge in [-0.2, -0.15) is 4.72 Å². The molecule has 0 radical (unpaired) electrons. The van der Waals surface area contributed by atoms with Crippen LogP contribution in [0.25, 0.3) is 10.6 Å². The molecular formula is C20H21BrN4O3S2. The summed E-state index contributed by atoms with van der Waals surface area (Å²) in [6.07, 6.45) is 0.617. The summed E-state index contributed by atoms with van der Waals surface area (Å²) in [6, 6.07) is 14.8. The molecule has 30 heavy (non-hydrogen) atoms. The molecule has 0 unspecified atom stereocenters. The minimum absolute atomic E-state index is 0.0917. The molecule has 0 aliphatic rings. The Morgan fingerprint density at radius 2 is 1.77 bits per heavy atom. The van der Waals surface area contributed by atoms with E-state index in [1.807, 2.05) is 44.2 Å². The number of hydrogen-bond acceptors (Lipinski definition) is 6. The predicted molar refractivity (Wildman–Crippen MR) is 122 cm³/mol. The highest BCUT2D eigenvalue weighted by Gasteiger charge is 2.30. The Balaban J connectivity index is 1.78. The highest BCUT2D eigenvalue weighted by molar-refractivity contribution is 9.10. The van der Waals surface area contributed by atoms with Gasteiger partial charge in [-0.1, -0.05) is 77.9 Å². The summed E-state index contributed by atoms with van der Waals surface area (Å²) >= 11 is 4.52. The molecule has 1 aromatic heterocycles. The van der Waals surface area contributed by atoms with E-state index >= 15 is 0 Å². The van der Waals surface area contributed by atoms with E-state index in [1.165, 1.54) is 23.5 Å². The second-order valence-electron chi connectivity index (χ2n) is 6.71. The van der Waals surface area contributed by atoms with Gasteiger partial charge >= 0.3 is 0 Å². The fraction of sp³-hybridized carbons (Fsp3) is 0.250. The summed E-state index contributed by atoms with van der Waals surface area (Å²) in [6.45, 7) is 3.72. The number of hydrogen-bond donors (Lipinski definition) is 2. The van der Waals surface area contributed by atoms with Crippen LogP contribution >= 0.6 is 27.3 Å². The van der Waals surface area contributed by atoms with E-state index < -0.39 is 22.0 Å². The molecule has 2 aromatic carbocycles. The zero-order chi connectivity index (χ0) is 21.7. The van der Waals surface area contributed by atoms with Crippen LogP contribution in [0.4, 0.5) is 5.13 Å². The molecule has 2 N–H and O–H groups in total. The van der Waals surface area contributed by atoms with E-state index in [0.29, 0.717) is 16.6 Å². The van der Waals surface area contributed by atoms with Gasteiger partial charge in [-0.3, -0.25) is 10.1 Å². The number of sulfonamides is 1. The van der Waals surface area contributed by atoms with Gasteiger partial charge in [0.15, 0.2) is 0 Å². The van der Waals surface area contributed by atoms with Crippen LogP contribution in [0.5, 0.6) is 0 Å². The van der Waals surface area contributed by atoms with Crippen molar-refractivity contribution in [3.8, 4) is 10.6 Å². The van der Waals surface area contributed by atoms with Crippen molar-refractivity contribution in [3.63, 3.8) is 0 Å². The van der Waals surface area contributed by atoms with Crippen LogP contribution in [-0.2, 0) is 14.8 Å². The lowest BCUT2D eigenvalue weighted by Crippen LogP contribution is -2.47. The molecule has 158 valence electrons. The van der Waals surface area contributed by atoms with Crippen molar-refractivity contribution in [3.05, 3.63) is 59.1 Å². The molecule has 0 fully saturated rings. The maximum atomic E-state index is 12.9. The van der Waals surface area contributed by atoms with Crippen LogP contribution in [0.2, 0.25) is 0 Å². The SMILES string of the molecule is CC[C@@H](C)[C@H](NS(=O)(=O)c1ccc(Br)cc1)C(=O)Nc1nnc(-c2ccccc2)s1.